The van der Waals surface area contributed by atoms with Gasteiger partial charge < -0.3 is 9.15 Å². The minimum atomic E-state index is -0.345. The summed E-state index contributed by atoms with van der Waals surface area (Å²) in [4.78, 5) is 11.8. The molecule has 4 rings (SSSR count). The van der Waals surface area contributed by atoms with Crippen LogP contribution in [0.25, 0.3) is 29.2 Å². The van der Waals surface area contributed by atoms with Crippen LogP contribution in [0.4, 0.5) is 0 Å². The SMILES string of the molecule is Cc1ccc2c(/C=C/c3cccc4c3OCC=C4)cc(=O)oc2c1. The number of benzene rings is 2. The number of hydrogen-bond donors (Lipinski definition) is 0. The molecule has 3 heteroatoms. The maximum atomic E-state index is 11.8. The van der Waals surface area contributed by atoms with Crippen LogP contribution in [-0.2, 0) is 0 Å². The molecule has 0 saturated heterocycles. The number of ether oxygens (including phenoxy) is 1. The molecule has 2 heterocycles. The molecule has 0 N–H and O–H groups in total. The molecule has 3 nitrogen and oxygen atoms in total. The molecule has 0 radical (unpaired) electrons. The molecule has 0 saturated carbocycles. The number of rotatable bonds is 2. The summed E-state index contributed by atoms with van der Waals surface area (Å²) in [5, 5.41) is 0.919. The van der Waals surface area contributed by atoms with Crippen LogP contribution in [0.1, 0.15) is 22.3 Å². The highest BCUT2D eigenvalue weighted by Gasteiger charge is 2.09. The second-order valence-electron chi connectivity index (χ2n) is 5.83. The highest BCUT2D eigenvalue weighted by molar-refractivity contribution is 5.90. The summed E-state index contributed by atoms with van der Waals surface area (Å²) in [7, 11) is 0. The smallest absolute Gasteiger partial charge is 0.336 e. The van der Waals surface area contributed by atoms with Gasteiger partial charge in [-0.15, -0.1) is 0 Å². The molecule has 2 aromatic carbocycles. The van der Waals surface area contributed by atoms with Crippen molar-refractivity contribution >= 4 is 29.2 Å². The molecule has 1 aliphatic rings. The Labute approximate surface area is 139 Å². The Morgan fingerprint density at radius 1 is 1.04 bits per heavy atom. The summed E-state index contributed by atoms with van der Waals surface area (Å²) in [6, 6.07) is 13.4. The highest BCUT2D eigenvalue weighted by Crippen LogP contribution is 2.30. The van der Waals surface area contributed by atoms with E-state index in [1.54, 1.807) is 0 Å². The van der Waals surface area contributed by atoms with Crippen molar-refractivity contribution in [1.82, 2.24) is 0 Å². The molecule has 0 unspecified atom stereocenters. The zero-order valence-corrected chi connectivity index (χ0v) is 13.3. The maximum absolute atomic E-state index is 11.8. The molecule has 1 aromatic heterocycles. The lowest BCUT2D eigenvalue weighted by Gasteiger charge is -2.14. The fourth-order valence-corrected chi connectivity index (χ4v) is 2.92. The fourth-order valence-electron chi connectivity index (χ4n) is 2.92. The second-order valence-corrected chi connectivity index (χ2v) is 5.83. The van der Waals surface area contributed by atoms with E-state index in [0.29, 0.717) is 12.2 Å². The summed E-state index contributed by atoms with van der Waals surface area (Å²) in [5.74, 6) is 0.874. The molecule has 118 valence electrons. The van der Waals surface area contributed by atoms with Gasteiger partial charge in [0.05, 0.1) is 0 Å². The van der Waals surface area contributed by atoms with E-state index in [-0.39, 0.29) is 5.63 Å². The van der Waals surface area contributed by atoms with Gasteiger partial charge in [-0.2, -0.15) is 0 Å². The van der Waals surface area contributed by atoms with Crippen molar-refractivity contribution in [1.29, 1.82) is 0 Å². The normalized spacial score (nSPS) is 13.2. The predicted molar refractivity (Wildman–Crippen MR) is 97.1 cm³/mol. The predicted octanol–water partition coefficient (Wildman–Crippen LogP) is 4.68. The van der Waals surface area contributed by atoms with Gasteiger partial charge in [0.15, 0.2) is 0 Å². The number of hydrogen-bond acceptors (Lipinski definition) is 3. The Morgan fingerprint density at radius 2 is 1.92 bits per heavy atom. The van der Waals surface area contributed by atoms with Crippen LogP contribution in [0.15, 0.2) is 57.8 Å². The Balaban J connectivity index is 1.82. The average molecular weight is 316 g/mol. The van der Waals surface area contributed by atoms with Gasteiger partial charge in [-0.1, -0.05) is 48.6 Å². The number of fused-ring (bicyclic) bond motifs is 2. The quantitative estimate of drug-likeness (QED) is 0.645. The van der Waals surface area contributed by atoms with Gasteiger partial charge in [0.25, 0.3) is 0 Å². The summed E-state index contributed by atoms with van der Waals surface area (Å²) >= 11 is 0. The molecule has 0 bridgehead atoms. The zero-order valence-electron chi connectivity index (χ0n) is 13.3. The summed E-state index contributed by atoms with van der Waals surface area (Å²) in [6.45, 7) is 2.55. The van der Waals surface area contributed by atoms with E-state index < -0.39 is 0 Å². The van der Waals surface area contributed by atoms with E-state index in [0.717, 1.165) is 33.4 Å². The van der Waals surface area contributed by atoms with Crippen molar-refractivity contribution in [2.45, 2.75) is 6.92 Å². The minimum absolute atomic E-state index is 0.345. The largest absolute Gasteiger partial charge is 0.488 e. The molecule has 0 atom stereocenters. The van der Waals surface area contributed by atoms with Crippen molar-refractivity contribution in [2.75, 3.05) is 6.61 Å². The first-order chi connectivity index (χ1) is 11.7. The van der Waals surface area contributed by atoms with Crippen molar-refractivity contribution in [3.8, 4) is 5.75 Å². The topological polar surface area (TPSA) is 39.4 Å². The van der Waals surface area contributed by atoms with Crippen molar-refractivity contribution in [3.05, 3.63) is 81.2 Å². The van der Waals surface area contributed by atoms with Gasteiger partial charge in [-0.05, 0) is 30.2 Å². The maximum Gasteiger partial charge on any atom is 0.336 e. The first kappa shape index (κ1) is 14.5. The summed E-state index contributed by atoms with van der Waals surface area (Å²) in [5.41, 5.74) is 4.22. The van der Waals surface area contributed by atoms with Gasteiger partial charge in [-0.25, -0.2) is 4.79 Å². The Kier molecular flexibility index (Phi) is 3.54. The van der Waals surface area contributed by atoms with Crippen LogP contribution in [0, 0.1) is 6.92 Å². The number of aryl methyl sites for hydroxylation is 1. The van der Waals surface area contributed by atoms with Crippen LogP contribution in [0.5, 0.6) is 5.75 Å². The standard InChI is InChI=1S/C21H16O3/c1-14-7-10-18-17(13-20(22)24-19(18)12-14)9-8-16-5-2-4-15-6-3-11-23-21(15)16/h2-10,12-13H,11H2,1H3/b9-8+. The molecule has 24 heavy (non-hydrogen) atoms. The van der Waals surface area contributed by atoms with Crippen LogP contribution in [0.2, 0.25) is 0 Å². The second kappa shape index (κ2) is 5.85. The third kappa shape index (κ3) is 2.65. The van der Waals surface area contributed by atoms with Gasteiger partial charge in [0.1, 0.15) is 17.9 Å². The van der Waals surface area contributed by atoms with E-state index in [1.807, 2.05) is 61.5 Å². The lowest BCUT2D eigenvalue weighted by atomic mass is 10.0. The first-order valence-corrected chi connectivity index (χ1v) is 7.86. The fraction of sp³-hybridized carbons (Fsp3) is 0.0952. The van der Waals surface area contributed by atoms with Gasteiger partial charge >= 0.3 is 5.63 Å². The third-order valence-electron chi connectivity index (χ3n) is 4.07. The van der Waals surface area contributed by atoms with E-state index in [4.69, 9.17) is 9.15 Å². The van der Waals surface area contributed by atoms with E-state index in [1.165, 1.54) is 6.07 Å². The molecule has 0 amide bonds. The zero-order chi connectivity index (χ0) is 16.5. The Bertz CT molecular complexity index is 1040. The van der Waals surface area contributed by atoms with Gasteiger partial charge in [0.2, 0.25) is 0 Å². The van der Waals surface area contributed by atoms with E-state index in [9.17, 15) is 4.79 Å². The van der Waals surface area contributed by atoms with Gasteiger partial charge in [0, 0.05) is 22.6 Å². The molecule has 0 spiro atoms. The molecular weight excluding hydrogens is 300 g/mol. The average Bonchev–Trinajstić information content (AvgIpc) is 2.59. The van der Waals surface area contributed by atoms with Crippen LogP contribution in [0.3, 0.4) is 0 Å². The minimum Gasteiger partial charge on any atom is -0.488 e. The lowest BCUT2D eigenvalue weighted by Crippen LogP contribution is -2.01. The van der Waals surface area contributed by atoms with Gasteiger partial charge in [-0.3, -0.25) is 0 Å². The Hall–Kier alpha value is -3.07. The highest BCUT2D eigenvalue weighted by atomic mass is 16.5. The summed E-state index contributed by atoms with van der Waals surface area (Å²) in [6.07, 6.45) is 7.97. The first-order valence-electron chi connectivity index (χ1n) is 7.86. The molecule has 1 aliphatic heterocycles. The molecular formula is C21H16O3. The number of para-hydroxylation sites is 1. The van der Waals surface area contributed by atoms with Crippen molar-refractivity contribution in [2.24, 2.45) is 0 Å². The molecule has 3 aromatic rings. The lowest BCUT2D eigenvalue weighted by molar-refractivity contribution is 0.358. The van der Waals surface area contributed by atoms with Crippen molar-refractivity contribution in [3.63, 3.8) is 0 Å². The third-order valence-corrected chi connectivity index (χ3v) is 4.07. The summed E-state index contributed by atoms with van der Waals surface area (Å²) < 4.78 is 11.1. The van der Waals surface area contributed by atoms with Crippen LogP contribution >= 0.6 is 0 Å². The van der Waals surface area contributed by atoms with Crippen molar-refractivity contribution < 1.29 is 9.15 Å². The molecule has 0 fully saturated rings. The van der Waals surface area contributed by atoms with Crippen LogP contribution in [-0.4, -0.2) is 6.61 Å². The molecule has 0 aliphatic carbocycles. The monoisotopic (exact) mass is 316 g/mol. The van der Waals surface area contributed by atoms with Crippen LogP contribution < -0.4 is 10.4 Å². The van der Waals surface area contributed by atoms with E-state index in [2.05, 4.69) is 6.08 Å². The Morgan fingerprint density at radius 3 is 2.83 bits per heavy atom. The van der Waals surface area contributed by atoms with E-state index >= 15 is 0 Å².